The van der Waals surface area contributed by atoms with Crippen LogP contribution in [0.1, 0.15) is 43.7 Å². The summed E-state index contributed by atoms with van der Waals surface area (Å²) in [5, 5.41) is 16.1. The number of nitrogens with two attached hydrogens (primary N) is 1. The van der Waals surface area contributed by atoms with Gasteiger partial charge in [-0.3, -0.25) is 14.3 Å². The summed E-state index contributed by atoms with van der Waals surface area (Å²) in [5.74, 6) is -1.20. The minimum atomic E-state index is -0.845. The number of carboxylic acids is 1. The third-order valence-electron chi connectivity index (χ3n) is 4.23. The Morgan fingerprint density at radius 1 is 1.48 bits per heavy atom. The zero-order valence-corrected chi connectivity index (χ0v) is 12.2. The lowest BCUT2D eigenvalue weighted by Crippen LogP contribution is -2.46. The first-order valence-corrected chi connectivity index (χ1v) is 7.20. The Morgan fingerprint density at radius 3 is 2.67 bits per heavy atom. The molecule has 1 amide bonds. The van der Waals surface area contributed by atoms with Crippen molar-refractivity contribution in [1.29, 1.82) is 0 Å². The van der Waals surface area contributed by atoms with E-state index in [4.69, 9.17) is 5.73 Å². The van der Waals surface area contributed by atoms with Crippen LogP contribution in [0.4, 0.5) is 0 Å². The molecule has 2 rings (SSSR count). The van der Waals surface area contributed by atoms with Gasteiger partial charge in [0.2, 0.25) is 5.91 Å². The standard InChI is InChI=1S/C14H22N4O3/c1-18-8-10(7-17-18)11(15)12(19)16-9-14(13(20)21)5-3-2-4-6-14/h7-8,11H,2-6,9,15H2,1H3,(H,16,19)(H,20,21). The second-order valence-electron chi connectivity index (χ2n) is 5.79. The van der Waals surface area contributed by atoms with Gasteiger partial charge in [-0.15, -0.1) is 0 Å². The molecule has 0 aliphatic heterocycles. The van der Waals surface area contributed by atoms with Crippen molar-refractivity contribution in [3.8, 4) is 0 Å². The van der Waals surface area contributed by atoms with Crippen LogP contribution >= 0.6 is 0 Å². The average molecular weight is 294 g/mol. The predicted molar refractivity (Wildman–Crippen MR) is 76.3 cm³/mol. The van der Waals surface area contributed by atoms with E-state index in [-0.39, 0.29) is 12.5 Å². The van der Waals surface area contributed by atoms with E-state index in [1.165, 1.54) is 6.20 Å². The van der Waals surface area contributed by atoms with Gasteiger partial charge < -0.3 is 16.2 Å². The first-order chi connectivity index (χ1) is 9.94. The third-order valence-corrected chi connectivity index (χ3v) is 4.23. The smallest absolute Gasteiger partial charge is 0.311 e. The number of carbonyl (C=O) groups is 2. The Labute approximate surface area is 123 Å². The summed E-state index contributed by atoms with van der Waals surface area (Å²) in [6.07, 6.45) is 7.25. The van der Waals surface area contributed by atoms with Crippen molar-refractivity contribution in [2.24, 2.45) is 18.2 Å². The zero-order valence-electron chi connectivity index (χ0n) is 12.2. The van der Waals surface area contributed by atoms with Crippen LogP contribution in [0.5, 0.6) is 0 Å². The van der Waals surface area contributed by atoms with Crippen LogP contribution in [0.3, 0.4) is 0 Å². The number of amides is 1. The van der Waals surface area contributed by atoms with Gasteiger partial charge in [0, 0.05) is 25.4 Å². The Balaban J connectivity index is 1.97. The number of nitrogens with one attached hydrogen (secondary N) is 1. The SMILES string of the molecule is Cn1cc(C(N)C(=O)NCC2(C(=O)O)CCCCC2)cn1. The van der Waals surface area contributed by atoms with Crippen LogP contribution < -0.4 is 11.1 Å². The second kappa shape index (κ2) is 6.26. The molecular formula is C14H22N4O3. The molecule has 0 saturated heterocycles. The summed E-state index contributed by atoms with van der Waals surface area (Å²) in [7, 11) is 1.75. The highest BCUT2D eigenvalue weighted by Crippen LogP contribution is 2.36. The number of rotatable bonds is 5. The van der Waals surface area contributed by atoms with Crippen molar-refractivity contribution in [3.05, 3.63) is 18.0 Å². The molecule has 1 heterocycles. The highest BCUT2D eigenvalue weighted by Gasteiger charge is 2.40. The van der Waals surface area contributed by atoms with E-state index in [0.717, 1.165) is 19.3 Å². The molecule has 4 N–H and O–H groups in total. The van der Waals surface area contributed by atoms with Gasteiger partial charge in [-0.25, -0.2) is 0 Å². The summed E-state index contributed by atoms with van der Waals surface area (Å²) in [6, 6.07) is -0.826. The number of carbonyl (C=O) groups excluding carboxylic acids is 1. The van der Waals surface area contributed by atoms with E-state index >= 15 is 0 Å². The Kier molecular flexibility index (Phi) is 4.62. The molecular weight excluding hydrogens is 272 g/mol. The molecule has 7 heteroatoms. The van der Waals surface area contributed by atoms with Crippen molar-refractivity contribution in [3.63, 3.8) is 0 Å². The molecule has 0 aromatic carbocycles. The minimum absolute atomic E-state index is 0.134. The van der Waals surface area contributed by atoms with E-state index < -0.39 is 17.4 Å². The van der Waals surface area contributed by atoms with Crippen LogP contribution in [-0.4, -0.2) is 33.3 Å². The number of nitrogens with zero attached hydrogens (tertiary/aromatic N) is 2. The second-order valence-corrected chi connectivity index (χ2v) is 5.79. The predicted octanol–water partition coefficient (Wildman–Crippen LogP) is 0.571. The first kappa shape index (κ1) is 15.5. The van der Waals surface area contributed by atoms with E-state index in [1.807, 2.05) is 0 Å². The van der Waals surface area contributed by atoms with Crippen molar-refractivity contribution in [1.82, 2.24) is 15.1 Å². The Bertz CT molecular complexity index is 520. The van der Waals surface area contributed by atoms with Crippen LogP contribution in [0.15, 0.2) is 12.4 Å². The molecule has 1 aliphatic rings. The van der Waals surface area contributed by atoms with Crippen molar-refractivity contribution in [2.75, 3.05) is 6.54 Å². The Morgan fingerprint density at radius 2 is 2.14 bits per heavy atom. The van der Waals surface area contributed by atoms with Gasteiger partial charge in [0.05, 0.1) is 11.6 Å². The minimum Gasteiger partial charge on any atom is -0.481 e. The first-order valence-electron chi connectivity index (χ1n) is 7.20. The van der Waals surface area contributed by atoms with Crippen LogP contribution in [-0.2, 0) is 16.6 Å². The molecule has 0 radical (unpaired) electrons. The summed E-state index contributed by atoms with van der Waals surface area (Å²) in [4.78, 5) is 23.6. The molecule has 1 aromatic rings. The van der Waals surface area contributed by atoms with E-state index in [1.54, 1.807) is 17.9 Å². The summed E-state index contributed by atoms with van der Waals surface area (Å²) in [6.45, 7) is 0.134. The lowest BCUT2D eigenvalue weighted by atomic mass is 9.74. The molecule has 1 atom stereocenters. The molecule has 0 bridgehead atoms. The van der Waals surface area contributed by atoms with Crippen LogP contribution in [0, 0.1) is 5.41 Å². The van der Waals surface area contributed by atoms with Crippen molar-refractivity contribution in [2.45, 2.75) is 38.1 Å². The molecule has 1 aliphatic carbocycles. The third kappa shape index (κ3) is 3.41. The molecule has 1 aromatic heterocycles. The molecule has 116 valence electrons. The van der Waals surface area contributed by atoms with Gasteiger partial charge in [0.15, 0.2) is 0 Å². The molecule has 21 heavy (non-hydrogen) atoms. The lowest BCUT2D eigenvalue weighted by molar-refractivity contribution is -0.151. The molecule has 0 spiro atoms. The van der Waals surface area contributed by atoms with Gasteiger partial charge in [-0.1, -0.05) is 19.3 Å². The van der Waals surface area contributed by atoms with Gasteiger partial charge in [-0.2, -0.15) is 5.10 Å². The normalized spacial score (nSPS) is 19.0. The highest BCUT2D eigenvalue weighted by atomic mass is 16.4. The van der Waals surface area contributed by atoms with Crippen molar-refractivity contribution < 1.29 is 14.7 Å². The topological polar surface area (TPSA) is 110 Å². The molecule has 1 saturated carbocycles. The maximum Gasteiger partial charge on any atom is 0.311 e. The van der Waals surface area contributed by atoms with Gasteiger partial charge in [0.25, 0.3) is 0 Å². The number of hydrogen-bond acceptors (Lipinski definition) is 4. The zero-order chi connectivity index (χ0) is 15.5. The van der Waals surface area contributed by atoms with E-state index in [0.29, 0.717) is 18.4 Å². The van der Waals surface area contributed by atoms with Crippen LogP contribution in [0.25, 0.3) is 0 Å². The number of carboxylic acid groups (broad SMARTS) is 1. The number of aryl methyl sites for hydroxylation is 1. The maximum absolute atomic E-state index is 12.1. The van der Waals surface area contributed by atoms with E-state index in [2.05, 4.69) is 10.4 Å². The highest BCUT2D eigenvalue weighted by molar-refractivity contribution is 5.84. The largest absolute Gasteiger partial charge is 0.481 e. The summed E-state index contributed by atoms with van der Waals surface area (Å²) >= 11 is 0. The van der Waals surface area contributed by atoms with Gasteiger partial charge in [0.1, 0.15) is 6.04 Å². The van der Waals surface area contributed by atoms with Gasteiger partial charge in [-0.05, 0) is 12.8 Å². The molecule has 7 nitrogen and oxygen atoms in total. The summed E-state index contributed by atoms with van der Waals surface area (Å²) < 4.78 is 1.57. The Hall–Kier alpha value is -1.89. The fourth-order valence-corrected chi connectivity index (χ4v) is 2.81. The number of aromatic nitrogens is 2. The van der Waals surface area contributed by atoms with Crippen molar-refractivity contribution >= 4 is 11.9 Å². The van der Waals surface area contributed by atoms with Gasteiger partial charge >= 0.3 is 5.97 Å². The fourth-order valence-electron chi connectivity index (χ4n) is 2.81. The number of hydrogen-bond donors (Lipinski definition) is 3. The lowest BCUT2D eigenvalue weighted by Gasteiger charge is -2.33. The maximum atomic E-state index is 12.1. The average Bonchev–Trinajstić information content (AvgIpc) is 2.91. The fraction of sp³-hybridized carbons (Fsp3) is 0.643. The quantitative estimate of drug-likeness (QED) is 0.735. The van der Waals surface area contributed by atoms with Crippen LogP contribution in [0.2, 0.25) is 0 Å². The monoisotopic (exact) mass is 294 g/mol. The number of aliphatic carboxylic acids is 1. The van der Waals surface area contributed by atoms with E-state index in [9.17, 15) is 14.7 Å². The summed E-state index contributed by atoms with van der Waals surface area (Å²) in [5.41, 5.74) is 5.64. The molecule has 1 unspecified atom stereocenters. The molecule has 1 fully saturated rings.